The third-order valence-electron chi connectivity index (χ3n) is 2.56. The Balaban J connectivity index is 2.68. The molecule has 0 bridgehead atoms. The first-order valence-electron chi connectivity index (χ1n) is 5.17. The molecule has 0 aromatic heterocycles. The van der Waals surface area contributed by atoms with Gasteiger partial charge in [0.25, 0.3) is 0 Å². The SMILES string of the molecule is CC(C)C(CC(=O)O)N1CCCOC1=O. The topological polar surface area (TPSA) is 66.8 Å². The molecular weight excluding hydrogens is 198 g/mol. The summed E-state index contributed by atoms with van der Waals surface area (Å²) in [4.78, 5) is 23.6. The zero-order chi connectivity index (χ0) is 11.4. The number of carboxylic acid groups (broad SMARTS) is 1. The van der Waals surface area contributed by atoms with E-state index in [0.29, 0.717) is 13.2 Å². The molecule has 15 heavy (non-hydrogen) atoms. The minimum absolute atomic E-state index is 0.0211. The van der Waals surface area contributed by atoms with Gasteiger partial charge in [-0.2, -0.15) is 0 Å². The molecule has 0 spiro atoms. The summed E-state index contributed by atoms with van der Waals surface area (Å²) >= 11 is 0. The lowest BCUT2D eigenvalue weighted by atomic mass is 9.99. The monoisotopic (exact) mass is 215 g/mol. The van der Waals surface area contributed by atoms with Crippen molar-refractivity contribution in [3.63, 3.8) is 0 Å². The highest BCUT2D eigenvalue weighted by atomic mass is 16.6. The molecule has 1 unspecified atom stereocenters. The van der Waals surface area contributed by atoms with Crippen LogP contribution < -0.4 is 0 Å². The van der Waals surface area contributed by atoms with Crippen LogP contribution in [0, 0.1) is 5.92 Å². The minimum Gasteiger partial charge on any atom is -0.481 e. The van der Waals surface area contributed by atoms with Crippen LogP contribution in [-0.4, -0.2) is 41.3 Å². The summed E-state index contributed by atoms with van der Waals surface area (Å²) in [6, 6.07) is -0.268. The Kier molecular flexibility index (Phi) is 3.94. The smallest absolute Gasteiger partial charge is 0.410 e. The van der Waals surface area contributed by atoms with Crippen molar-refractivity contribution >= 4 is 12.1 Å². The van der Waals surface area contributed by atoms with Crippen molar-refractivity contribution in [2.75, 3.05) is 13.2 Å². The Labute approximate surface area is 89.0 Å². The highest BCUT2D eigenvalue weighted by molar-refractivity contribution is 5.72. The third kappa shape index (κ3) is 3.11. The van der Waals surface area contributed by atoms with E-state index in [-0.39, 0.29) is 24.5 Å². The number of nitrogens with zero attached hydrogens (tertiary/aromatic N) is 1. The molecule has 0 aromatic carbocycles. The summed E-state index contributed by atoms with van der Waals surface area (Å²) in [5, 5.41) is 8.77. The van der Waals surface area contributed by atoms with Crippen LogP contribution >= 0.6 is 0 Å². The molecule has 5 heteroatoms. The summed E-state index contributed by atoms with van der Waals surface area (Å²) in [5.74, 6) is -0.765. The first-order chi connectivity index (χ1) is 7.02. The molecule has 1 saturated heterocycles. The number of amides is 1. The molecule has 0 aromatic rings. The van der Waals surface area contributed by atoms with Crippen molar-refractivity contribution in [2.24, 2.45) is 5.92 Å². The van der Waals surface area contributed by atoms with Crippen LogP contribution in [0.25, 0.3) is 0 Å². The summed E-state index contributed by atoms with van der Waals surface area (Å²) in [6.07, 6.45) is 0.364. The van der Waals surface area contributed by atoms with E-state index in [2.05, 4.69) is 0 Å². The van der Waals surface area contributed by atoms with Crippen LogP contribution in [0.5, 0.6) is 0 Å². The molecule has 1 rings (SSSR count). The zero-order valence-electron chi connectivity index (χ0n) is 9.10. The molecular formula is C10H17NO4. The Hall–Kier alpha value is -1.26. The lowest BCUT2D eigenvalue weighted by Crippen LogP contribution is -2.48. The van der Waals surface area contributed by atoms with Crippen molar-refractivity contribution < 1.29 is 19.4 Å². The number of carboxylic acids is 1. The fourth-order valence-electron chi connectivity index (χ4n) is 1.75. The number of aliphatic carboxylic acids is 1. The number of carbonyl (C=O) groups is 2. The summed E-state index contributed by atoms with van der Waals surface area (Å²) in [5.41, 5.74) is 0. The van der Waals surface area contributed by atoms with Crippen LogP contribution in [0.1, 0.15) is 26.7 Å². The molecule has 1 fully saturated rings. The van der Waals surface area contributed by atoms with Gasteiger partial charge in [-0.15, -0.1) is 0 Å². The van der Waals surface area contributed by atoms with Crippen molar-refractivity contribution in [3.8, 4) is 0 Å². The van der Waals surface area contributed by atoms with Crippen molar-refractivity contribution in [1.82, 2.24) is 4.90 Å². The first-order valence-corrected chi connectivity index (χ1v) is 5.17. The molecule has 5 nitrogen and oxygen atoms in total. The first kappa shape index (κ1) is 11.8. The van der Waals surface area contributed by atoms with E-state index in [0.717, 1.165) is 6.42 Å². The van der Waals surface area contributed by atoms with Crippen LogP contribution in [0.15, 0.2) is 0 Å². The van der Waals surface area contributed by atoms with E-state index < -0.39 is 5.97 Å². The quantitative estimate of drug-likeness (QED) is 0.768. The lowest BCUT2D eigenvalue weighted by molar-refractivity contribution is -0.138. The van der Waals surface area contributed by atoms with Gasteiger partial charge in [0.05, 0.1) is 13.0 Å². The number of ether oxygens (including phenoxy) is 1. The lowest BCUT2D eigenvalue weighted by Gasteiger charge is -2.35. The van der Waals surface area contributed by atoms with Crippen LogP contribution in [0.3, 0.4) is 0 Å². The molecule has 1 atom stereocenters. The number of cyclic esters (lactones) is 1. The van der Waals surface area contributed by atoms with E-state index in [1.165, 1.54) is 4.90 Å². The Morgan fingerprint density at radius 2 is 2.27 bits per heavy atom. The maximum atomic E-state index is 11.4. The number of carbonyl (C=O) groups excluding carboxylic acids is 1. The molecule has 0 saturated carbocycles. The highest BCUT2D eigenvalue weighted by Crippen LogP contribution is 2.18. The molecule has 1 heterocycles. The average molecular weight is 215 g/mol. The Bertz CT molecular complexity index is 252. The predicted octanol–water partition coefficient (Wildman–Crippen LogP) is 1.33. The second kappa shape index (κ2) is 5.00. The van der Waals surface area contributed by atoms with E-state index in [9.17, 15) is 9.59 Å². The number of hydrogen-bond donors (Lipinski definition) is 1. The van der Waals surface area contributed by atoms with E-state index in [1.54, 1.807) is 0 Å². The van der Waals surface area contributed by atoms with E-state index in [1.807, 2.05) is 13.8 Å². The van der Waals surface area contributed by atoms with Gasteiger partial charge in [-0.25, -0.2) is 4.79 Å². The van der Waals surface area contributed by atoms with Crippen molar-refractivity contribution in [2.45, 2.75) is 32.7 Å². The van der Waals surface area contributed by atoms with Gasteiger partial charge < -0.3 is 14.7 Å². The fourth-order valence-corrected chi connectivity index (χ4v) is 1.75. The number of hydrogen-bond acceptors (Lipinski definition) is 3. The van der Waals surface area contributed by atoms with Crippen LogP contribution in [0.2, 0.25) is 0 Å². The summed E-state index contributed by atoms with van der Waals surface area (Å²) in [7, 11) is 0. The molecule has 1 aliphatic rings. The minimum atomic E-state index is -0.882. The predicted molar refractivity (Wildman–Crippen MR) is 53.5 cm³/mol. The largest absolute Gasteiger partial charge is 0.481 e. The molecule has 1 N–H and O–H groups in total. The van der Waals surface area contributed by atoms with Gasteiger partial charge in [0.15, 0.2) is 0 Å². The van der Waals surface area contributed by atoms with Crippen LogP contribution in [-0.2, 0) is 9.53 Å². The Morgan fingerprint density at radius 1 is 1.60 bits per heavy atom. The van der Waals surface area contributed by atoms with Gasteiger partial charge in [-0.3, -0.25) is 4.79 Å². The standard InChI is InChI=1S/C10H17NO4/c1-7(2)8(6-9(12)13)11-4-3-5-15-10(11)14/h7-8H,3-6H2,1-2H3,(H,12,13). The van der Waals surface area contributed by atoms with Gasteiger partial charge in [0.2, 0.25) is 0 Å². The van der Waals surface area contributed by atoms with E-state index >= 15 is 0 Å². The molecule has 0 aliphatic carbocycles. The summed E-state index contributed by atoms with van der Waals surface area (Å²) < 4.78 is 4.90. The normalized spacial score (nSPS) is 18.9. The van der Waals surface area contributed by atoms with Gasteiger partial charge >= 0.3 is 12.1 Å². The van der Waals surface area contributed by atoms with Crippen molar-refractivity contribution in [1.29, 1.82) is 0 Å². The molecule has 86 valence electrons. The average Bonchev–Trinajstić information content (AvgIpc) is 2.15. The number of rotatable bonds is 4. The second-order valence-electron chi connectivity index (χ2n) is 4.07. The zero-order valence-corrected chi connectivity index (χ0v) is 9.10. The van der Waals surface area contributed by atoms with Gasteiger partial charge in [0, 0.05) is 12.6 Å². The van der Waals surface area contributed by atoms with Crippen LogP contribution in [0.4, 0.5) is 4.79 Å². The highest BCUT2D eigenvalue weighted by Gasteiger charge is 2.31. The Morgan fingerprint density at radius 3 is 2.73 bits per heavy atom. The van der Waals surface area contributed by atoms with Crippen molar-refractivity contribution in [3.05, 3.63) is 0 Å². The van der Waals surface area contributed by atoms with Gasteiger partial charge in [-0.1, -0.05) is 13.8 Å². The van der Waals surface area contributed by atoms with E-state index in [4.69, 9.17) is 9.84 Å². The maximum Gasteiger partial charge on any atom is 0.410 e. The van der Waals surface area contributed by atoms with Gasteiger partial charge in [0.1, 0.15) is 0 Å². The molecule has 1 amide bonds. The van der Waals surface area contributed by atoms with Gasteiger partial charge in [-0.05, 0) is 12.3 Å². The third-order valence-corrected chi connectivity index (χ3v) is 2.56. The maximum absolute atomic E-state index is 11.4. The molecule has 0 radical (unpaired) electrons. The fraction of sp³-hybridized carbons (Fsp3) is 0.800. The summed E-state index contributed by atoms with van der Waals surface area (Å²) in [6.45, 7) is 4.85. The molecule has 1 aliphatic heterocycles. The second-order valence-corrected chi connectivity index (χ2v) is 4.07.